The summed E-state index contributed by atoms with van der Waals surface area (Å²) in [4.78, 5) is 14.8. The SMILES string of the molecule is CCOc1ccc(C(=O)N2CCc3[nH]nc(-c4cccc(Cl)c4)c3C2)cc1. The molecule has 138 valence electrons. The zero-order valence-corrected chi connectivity index (χ0v) is 15.8. The van der Waals surface area contributed by atoms with E-state index in [1.165, 1.54) is 0 Å². The van der Waals surface area contributed by atoms with Gasteiger partial charge in [-0.2, -0.15) is 5.10 Å². The van der Waals surface area contributed by atoms with Crippen molar-refractivity contribution in [3.05, 3.63) is 70.4 Å². The molecule has 1 aliphatic rings. The van der Waals surface area contributed by atoms with Crippen LogP contribution in [0.3, 0.4) is 0 Å². The van der Waals surface area contributed by atoms with Crippen molar-refractivity contribution in [2.75, 3.05) is 13.2 Å². The predicted octanol–water partition coefficient (Wildman–Crippen LogP) is 4.33. The van der Waals surface area contributed by atoms with Gasteiger partial charge in [0.15, 0.2) is 0 Å². The highest BCUT2D eigenvalue weighted by molar-refractivity contribution is 6.30. The molecule has 27 heavy (non-hydrogen) atoms. The molecule has 0 radical (unpaired) electrons. The second kappa shape index (κ2) is 7.45. The molecule has 0 bridgehead atoms. The number of hydrogen-bond donors (Lipinski definition) is 1. The molecule has 4 rings (SSSR count). The number of nitrogens with one attached hydrogen (secondary N) is 1. The van der Waals surface area contributed by atoms with Crippen molar-refractivity contribution in [3.63, 3.8) is 0 Å². The fraction of sp³-hybridized carbons (Fsp3) is 0.238. The molecule has 1 aromatic heterocycles. The number of hydrogen-bond acceptors (Lipinski definition) is 3. The van der Waals surface area contributed by atoms with Crippen LogP contribution < -0.4 is 4.74 Å². The van der Waals surface area contributed by atoms with Gasteiger partial charge in [-0.1, -0.05) is 23.7 Å². The summed E-state index contributed by atoms with van der Waals surface area (Å²) in [7, 11) is 0. The van der Waals surface area contributed by atoms with E-state index < -0.39 is 0 Å². The number of amides is 1. The van der Waals surface area contributed by atoms with E-state index in [4.69, 9.17) is 16.3 Å². The second-order valence-corrected chi connectivity index (χ2v) is 6.91. The Balaban J connectivity index is 1.57. The first-order valence-electron chi connectivity index (χ1n) is 9.00. The third-order valence-electron chi connectivity index (χ3n) is 4.73. The zero-order valence-electron chi connectivity index (χ0n) is 15.0. The Labute approximate surface area is 162 Å². The van der Waals surface area contributed by atoms with Gasteiger partial charge in [0.2, 0.25) is 0 Å². The first-order valence-corrected chi connectivity index (χ1v) is 9.37. The smallest absolute Gasteiger partial charge is 0.254 e. The molecule has 0 atom stereocenters. The Morgan fingerprint density at radius 1 is 1.26 bits per heavy atom. The monoisotopic (exact) mass is 381 g/mol. The highest BCUT2D eigenvalue weighted by Crippen LogP contribution is 2.30. The van der Waals surface area contributed by atoms with Crippen LogP contribution in [0.2, 0.25) is 5.02 Å². The lowest BCUT2D eigenvalue weighted by Crippen LogP contribution is -2.35. The molecule has 0 spiro atoms. The number of ether oxygens (including phenoxy) is 1. The van der Waals surface area contributed by atoms with E-state index in [9.17, 15) is 4.79 Å². The lowest BCUT2D eigenvalue weighted by atomic mass is 10.0. The Hall–Kier alpha value is -2.79. The summed E-state index contributed by atoms with van der Waals surface area (Å²) in [6, 6.07) is 14.9. The Morgan fingerprint density at radius 3 is 2.81 bits per heavy atom. The minimum Gasteiger partial charge on any atom is -0.494 e. The van der Waals surface area contributed by atoms with Crippen LogP contribution in [0, 0.1) is 0 Å². The molecule has 1 N–H and O–H groups in total. The minimum absolute atomic E-state index is 0.0157. The van der Waals surface area contributed by atoms with Crippen LogP contribution in [0.25, 0.3) is 11.3 Å². The van der Waals surface area contributed by atoms with Crippen molar-refractivity contribution < 1.29 is 9.53 Å². The Bertz CT molecular complexity index is 966. The van der Waals surface area contributed by atoms with Gasteiger partial charge in [-0.3, -0.25) is 9.89 Å². The highest BCUT2D eigenvalue weighted by atomic mass is 35.5. The van der Waals surface area contributed by atoms with Gasteiger partial charge in [-0.05, 0) is 43.3 Å². The molecule has 0 fully saturated rings. The van der Waals surface area contributed by atoms with Crippen molar-refractivity contribution >= 4 is 17.5 Å². The van der Waals surface area contributed by atoms with Gasteiger partial charge >= 0.3 is 0 Å². The predicted molar refractivity (Wildman–Crippen MR) is 105 cm³/mol. The molecule has 0 aliphatic carbocycles. The molecule has 2 heterocycles. The Morgan fingerprint density at radius 2 is 2.07 bits per heavy atom. The standard InChI is InChI=1S/C21H20ClN3O2/c1-2-27-17-8-6-14(7-9-17)21(26)25-11-10-19-18(13-25)20(24-23-19)15-4-3-5-16(22)12-15/h3-9,12H,2,10-11,13H2,1H3,(H,23,24). The first-order chi connectivity index (χ1) is 13.2. The van der Waals surface area contributed by atoms with Crippen LogP contribution in [0.4, 0.5) is 0 Å². The van der Waals surface area contributed by atoms with Crippen LogP contribution in [-0.2, 0) is 13.0 Å². The van der Waals surface area contributed by atoms with E-state index in [-0.39, 0.29) is 5.91 Å². The van der Waals surface area contributed by atoms with Crippen LogP contribution in [-0.4, -0.2) is 34.2 Å². The molecule has 6 heteroatoms. The molecule has 1 amide bonds. The van der Waals surface area contributed by atoms with E-state index >= 15 is 0 Å². The summed E-state index contributed by atoms with van der Waals surface area (Å²) in [5, 5.41) is 8.26. The van der Waals surface area contributed by atoms with Gasteiger partial charge < -0.3 is 9.64 Å². The lowest BCUT2D eigenvalue weighted by Gasteiger charge is -2.27. The molecule has 1 aliphatic heterocycles. The number of H-pyrrole nitrogens is 1. The van der Waals surface area contributed by atoms with Crippen molar-refractivity contribution in [2.24, 2.45) is 0 Å². The number of fused-ring (bicyclic) bond motifs is 1. The maximum atomic E-state index is 12.9. The summed E-state index contributed by atoms with van der Waals surface area (Å²) < 4.78 is 5.45. The van der Waals surface area contributed by atoms with Gasteiger partial charge in [-0.15, -0.1) is 0 Å². The first kappa shape index (κ1) is 17.6. The minimum atomic E-state index is 0.0157. The van der Waals surface area contributed by atoms with Crippen LogP contribution in [0.1, 0.15) is 28.5 Å². The second-order valence-electron chi connectivity index (χ2n) is 6.47. The number of nitrogens with zero attached hydrogens (tertiary/aromatic N) is 2. The van der Waals surface area contributed by atoms with Crippen molar-refractivity contribution in [2.45, 2.75) is 19.9 Å². The lowest BCUT2D eigenvalue weighted by molar-refractivity contribution is 0.0734. The average Bonchev–Trinajstić information content (AvgIpc) is 3.11. The molecule has 0 unspecified atom stereocenters. The number of carbonyl (C=O) groups is 1. The Kier molecular flexibility index (Phi) is 4.86. The summed E-state index contributed by atoms with van der Waals surface area (Å²) in [5.74, 6) is 0.787. The van der Waals surface area contributed by atoms with Gasteiger partial charge in [-0.25, -0.2) is 0 Å². The number of halogens is 1. The topological polar surface area (TPSA) is 58.2 Å². The maximum absolute atomic E-state index is 12.9. The molecule has 2 aromatic carbocycles. The van der Waals surface area contributed by atoms with E-state index in [1.807, 2.05) is 60.4 Å². The molecular formula is C21H20ClN3O2. The fourth-order valence-electron chi connectivity index (χ4n) is 3.39. The van der Waals surface area contributed by atoms with Crippen molar-refractivity contribution in [3.8, 4) is 17.0 Å². The van der Waals surface area contributed by atoms with Crippen LogP contribution >= 0.6 is 11.6 Å². The van der Waals surface area contributed by atoms with E-state index in [0.717, 1.165) is 34.7 Å². The summed E-state index contributed by atoms with van der Waals surface area (Å²) in [6.07, 6.45) is 0.756. The molecular weight excluding hydrogens is 362 g/mol. The van der Waals surface area contributed by atoms with Gasteiger partial charge in [0.25, 0.3) is 5.91 Å². The summed E-state index contributed by atoms with van der Waals surface area (Å²) in [5.41, 5.74) is 4.62. The normalized spacial score (nSPS) is 13.3. The van der Waals surface area contributed by atoms with Crippen molar-refractivity contribution in [1.82, 2.24) is 15.1 Å². The number of benzene rings is 2. The molecule has 3 aromatic rings. The van der Waals surface area contributed by atoms with Gasteiger partial charge in [0.1, 0.15) is 5.75 Å². The number of aromatic nitrogens is 2. The van der Waals surface area contributed by atoms with Gasteiger partial charge in [0.05, 0.1) is 12.3 Å². The fourth-order valence-corrected chi connectivity index (χ4v) is 3.58. The maximum Gasteiger partial charge on any atom is 0.254 e. The number of aromatic amines is 1. The third kappa shape index (κ3) is 3.55. The number of rotatable bonds is 4. The van der Waals surface area contributed by atoms with Crippen molar-refractivity contribution in [1.29, 1.82) is 0 Å². The molecule has 0 saturated heterocycles. The zero-order chi connectivity index (χ0) is 18.8. The van der Waals surface area contributed by atoms with E-state index in [2.05, 4.69) is 10.2 Å². The quantitative estimate of drug-likeness (QED) is 0.731. The largest absolute Gasteiger partial charge is 0.494 e. The third-order valence-corrected chi connectivity index (χ3v) is 4.97. The number of carbonyl (C=O) groups excluding carboxylic acids is 1. The summed E-state index contributed by atoms with van der Waals surface area (Å²) in [6.45, 7) is 3.73. The van der Waals surface area contributed by atoms with Crippen LogP contribution in [0.15, 0.2) is 48.5 Å². The van der Waals surface area contributed by atoms with Crippen LogP contribution in [0.5, 0.6) is 5.75 Å². The van der Waals surface area contributed by atoms with E-state index in [0.29, 0.717) is 30.3 Å². The average molecular weight is 382 g/mol. The van der Waals surface area contributed by atoms with Gasteiger partial charge in [0, 0.05) is 46.9 Å². The molecule has 0 saturated carbocycles. The molecule has 5 nitrogen and oxygen atoms in total. The summed E-state index contributed by atoms with van der Waals surface area (Å²) >= 11 is 6.13. The highest BCUT2D eigenvalue weighted by Gasteiger charge is 2.26. The van der Waals surface area contributed by atoms with E-state index in [1.54, 1.807) is 0 Å².